The van der Waals surface area contributed by atoms with Gasteiger partial charge >= 0.3 is 10.1 Å². The van der Waals surface area contributed by atoms with Gasteiger partial charge in [-0.2, -0.15) is 8.42 Å². The molecule has 31 heavy (non-hydrogen) atoms. The topological polar surface area (TPSA) is 63.7 Å². The number of unbranched alkanes of at least 4 members (excludes halogenated alkanes) is 1. The number of benzene rings is 2. The third-order valence-corrected chi connectivity index (χ3v) is 6.86. The fraction of sp³-hybridized carbons (Fsp3) is 0.458. The molecule has 0 bridgehead atoms. The molecule has 0 spiro atoms. The van der Waals surface area contributed by atoms with Crippen LogP contribution < -0.4 is 4.18 Å². The highest BCUT2D eigenvalue weighted by Gasteiger charge is 2.35. The van der Waals surface area contributed by atoms with Gasteiger partial charge in [0.05, 0.1) is 0 Å². The van der Waals surface area contributed by atoms with Crippen molar-refractivity contribution in [2.45, 2.75) is 69.9 Å². The summed E-state index contributed by atoms with van der Waals surface area (Å²) in [6, 6.07) is 11.5. The summed E-state index contributed by atoms with van der Waals surface area (Å²) in [6.07, 6.45) is 5.96. The second-order valence-electron chi connectivity index (χ2n) is 8.08. The molecule has 0 aliphatic heterocycles. The molecular formula is C24H30FNO4S. The molecule has 7 heteroatoms. The Balaban J connectivity index is 1.67. The van der Waals surface area contributed by atoms with Crippen molar-refractivity contribution in [1.82, 2.24) is 4.90 Å². The smallest absolute Gasteiger partial charge is 0.339 e. The average Bonchev–Trinajstić information content (AvgIpc) is 3.59. The highest BCUT2D eigenvalue weighted by Crippen LogP contribution is 2.31. The molecule has 0 N–H and O–H groups in total. The van der Waals surface area contributed by atoms with E-state index in [4.69, 9.17) is 4.18 Å². The van der Waals surface area contributed by atoms with Gasteiger partial charge in [0.25, 0.3) is 0 Å². The second kappa shape index (κ2) is 10.3. The molecule has 0 radical (unpaired) electrons. The lowest BCUT2D eigenvalue weighted by molar-refractivity contribution is -0.137. The number of amides is 1. The fourth-order valence-electron chi connectivity index (χ4n) is 3.58. The predicted molar refractivity (Wildman–Crippen MR) is 118 cm³/mol. The van der Waals surface area contributed by atoms with Crippen LogP contribution in [0.25, 0.3) is 0 Å². The SMILES string of the molecule is CCCC[C@H](CC)C(=O)N(Cc1ccc(OS(=O)(=O)c2ccc(F)cc2)cc1)C1CC1. The van der Waals surface area contributed by atoms with Crippen LogP contribution in [0.1, 0.15) is 57.9 Å². The molecule has 1 aliphatic rings. The van der Waals surface area contributed by atoms with Crippen LogP contribution >= 0.6 is 0 Å². The van der Waals surface area contributed by atoms with Gasteiger partial charge in [-0.1, -0.05) is 38.8 Å². The van der Waals surface area contributed by atoms with E-state index in [0.717, 1.165) is 56.2 Å². The summed E-state index contributed by atoms with van der Waals surface area (Å²) in [7, 11) is -4.04. The van der Waals surface area contributed by atoms with Crippen molar-refractivity contribution in [2.24, 2.45) is 5.92 Å². The van der Waals surface area contributed by atoms with E-state index < -0.39 is 15.9 Å². The second-order valence-corrected chi connectivity index (χ2v) is 9.63. The molecule has 2 aromatic carbocycles. The summed E-state index contributed by atoms with van der Waals surface area (Å²) >= 11 is 0. The van der Waals surface area contributed by atoms with Crippen molar-refractivity contribution in [3.63, 3.8) is 0 Å². The molecule has 1 saturated carbocycles. The molecule has 1 atom stereocenters. The maximum absolute atomic E-state index is 13.1. The summed E-state index contributed by atoms with van der Waals surface area (Å²) in [6.45, 7) is 4.71. The molecule has 1 aliphatic carbocycles. The molecule has 0 aromatic heterocycles. The van der Waals surface area contributed by atoms with Gasteiger partial charge < -0.3 is 9.08 Å². The third kappa shape index (κ3) is 6.29. The van der Waals surface area contributed by atoms with Crippen LogP contribution in [0.15, 0.2) is 53.4 Å². The molecule has 3 rings (SSSR count). The molecule has 168 valence electrons. The van der Waals surface area contributed by atoms with Gasteiger partial charge in [0.1, 0.15) is 16.5 Å². The number of hydrogen-bond donors (Lipinski definition) is 0. The first-order valence-corrected chi connectivity index (χ1v) is 12.3. The lowest BCUT2D eigenvalue weighted by Crippen LogP contribution is -2.37. The molecule has 0 heterocycles. The van der Waals surface area contributed by atoms with Crippen molar-refractivity contribution in [1.29, 1.82) is 0 Å². The van der Waals surface area contributed by atoms with E-state index >= 15 is 0 Å². The Morgan fingerprint density at radius 2 is 1.74 bits per heavy atom. The lowest BCUT2D eigenvalue weighted by atomic mass is 9.97. The number of nitrogens with zero attached hydrogens (tertiary/aromatic N) is 1. The molecule has 2 aromatic rings. The van der Waals surface area contributed by atoms with Gasteiger partial charge in [-0.25, -0.2) is 4.39 Å². The van der Waals surface area contributed by atoms with Crippen LogP contribution in [0.3, 0.4) is 0 Å². The maximum atomic E-state index is 13.1. The van der Waals surface area contributed by atoms with Crippen molar-refractivity contribution >= 4 is 16.0 Å². The van der Waals surface area contributed by atoms with Crippen molar-refractivity contribution in [3.05, 3.63) is 59.9 Å². The van der Waals surface area contributed by atoms with Gasteiger partial charge in [-0.3, -0.25) is 4.79 Å². The molecule has 0 saturated heterocycles. The van der Waals surface area contributed by atoms with Gasteiger partial charge in [-0.05, 0) is 67.6 Å². The van der Waals surface area contributed by atoms with Crippen LogP contribution in [-0.2, 0) is 21.5 Å². The minimum Gasteiger partial charge on any atom is -0.379 e. The first-order valence-electron chi connectivity index (χ1n) is 10.9. The zero-order chi connectivity index (χ0) is 22.4. The van der Waals surface area contributed by atoms with E-state index in [1.807, 2.05) is 4.90 Å². The Morgan fingerprint density at radius 1 is 1.10 bits per heavy atom. The predicted octanol–water partition coefficient (Wildman–Crippen LogP) is 5.30. The monoisotopic (exact) mass is 447 g/mol. The highest BCUT2D eigenvalue weighted by molar-refractivity contribution is 7.87. The number of rotatable bonds is 11. The Labute approximate surface area is 184 Å². The Bertz CT molecular complexity index is 970. The number of carbonyl (C=O) groups excluding carboxylic acids is 1. The Morgan fingerprint density at radius 3 is 2.29 bits per heavy atom. The summed E-state index contributed by atoms with van der Waals surface area (Å²) in [5.41, 5.74) is 0.928. The minimum absolute atomic E-state index is 0.0593. The van der Waals surface area contributed by atoms with Crippen molar-refractivity contribution in [3.8, 4) is 5.75 Å². The zero-order valence-electron chi connectivity index (χ0n) is 18.1. The molecule has 1 fully saturated rings. The van der Waals surface area contributed by atoms with E-state index in [1.165, 1.54) is 12.1 Å². The van der Waals surface area contributed by atoms with Crippen LogP contribution in [0, 0.1) is 11.7 Å². The fourth-order valence-corrected chi connectivity index (χ4v) is 4.51. The maximum Gasteiger partial charge on any atom is 0.339 e. The Kier molecular flexibility index (Phi) is 7.70. The normalized spacial score (nSPS) is 14.8. The molecule has 0 unspecified atom stereocenters. The number of carbonyl (C=O) groups is 1. The van der Waals surface area contributed by atoms with E-state index in [1.54, 1.807) is 24.3 Å². The number of halogens is 1. The lowest BCUT2D eigenvalue weighted by Gasteiger charge is -2.27. The van der Waals surface area contributed by atoms with Crippen LogP contribution in [0.2, 0.25) is 0 Å². The van der Waals surface area contributed by atoms with Gasteiger partial charge in [0.15, 0.2) is 0 Å². The van der Waals surface area contributed by atoms with E-state index in [2.05, 4.69) is 13.8 Å². The van der Waals surface area contributed by atoms with Crippen LogP contribution in [-0.4, -0.2) is 25.3 Å². The van der Waals surface area contributed by atoms with E-state index in [0.29, 0.717) is 12.6 Å². The highest BCUT2D eigenvalue weighted by atomic mass is 32.2. The standard InChI is InChI=1S/C24H30FNO4S/c1-3-5-6-19(4-2)24(27)26(21-11-12-21)17-18-7-13-22(14-8-18)30-31(28,29)23-15-9-20(25)10-16-23/h7-10,13-16,19,21H,3-6,11-12,17H2,1-2H3/t19-/m0/s1. The largest absolute Gasteiger partial charge is 0.379 e. The molecular weight excluding hydrogens is 417 g/mol. The minimum atomic E-state index is -4.04. The van der Waals surface area contributed by atoms with Gasteiger partial charge in [0.2, 0.25) is 5.91 Å². The number of hydrogen-bond acceptors (Lipinski definition) is 4. The van der Waals surface area contributed by atoms with E-state index in [-0.39, 0.29) is 22.5 Å². The zero-order valence-corrected chi connectivity index (χ0v) is 18.9. The van der Waals surface area contributed by atoms with Gasteiger partial charge in [-0.15, -0.1) is 0 Å². The quantitative estimate of drug-likeness (QED) is 0.439. The summed E-state index contributed by atoms with van der Waals surface area (Å²) in [5, 5.41) is 0. The first-order chi connectivity index (χ1) is 14.8. The third-order valence-electron chi connectivity index (χ3n) is 5.60. The summed E-state index contributed by atoms with van der Waals surface area (Å²) < 4.78 is 42.9. The summed E-state index contributed by atoms with van der Waals surface area (Å²) in [4.78, 5) is 15.0. The first kappa shape index (κ1) is 23.3. The molecule has 1 amide bonds. The van der Waals surface area contributed by atoms with Crippen molar-refractivity contribution < 1.29 is 21.8 Å². The Hall–Kier alpha value is -2.41. The van der Waals surface area contributed by atoms with Crippen LogP contribution in [0.5, 0.6) is 5.75 Å². The summed E-state index contributed by atoms with van der Waals surface area (Å²) in [5.74, 6) is -0.0634. The molecule has 5 nitrogen and oxygen atoms in total. The van der Waals surface area contributed by atoms with Gasteiger partial charge in [0, 0.05) is 18.5 Å². The van der Waals surface area contributed by atoms with Crippen LogP contribution in [0.4, 0.5) is 4.39 Å². The van der Waals surface area contributed by atoms with Crippen molar-refractivity contribution in [2.75, 3.05) is 0 Å². The van der Waals surface area contributed by atoms with E-state index in [9.17, 15) is 17.6 Å². The average molecular weight is 448 g/mol.